The molecule has 3 nitrogen and oxygen atoms in total. The van der Waals surface area contributed by atoms with E-state index in [0.717, 1.165) is 12.1 Å². The van der Waals surface area contributed by atoms with Crippen molar-refractivity contribution in [1.82, 2.24) is 0 Å². The van der Waals surface area contributed by atoms with E-state index in [1.807, 2.05) is 0 Å². The van der Waals surface area contributed by atoms with Gasteiger partial charge in [0.15, 0.2) is 11.6 Å². The first-order valence-corrected chi connectivity index (χ1v) is 7.78. The highest BCUT2D eigenvalue weighted by Crippen LogP contribution is 2.13. The van der Waals surface area contributed by atoms with Crippen molar-refractivity contribution < 1.29 is 22.2 Å². The van der Waals surface area contributed by atoms with Crippen LogP contribution in [-0.2, 0) is 21.3 Å². The molecule has 0 saturated carbocycles. The van der Waals surface area contributed by atoms with E-state index in [4.69, 9.17) is 0 Å². The van der Waals surface area contributed by atoms with Crippen molar-refractivity contribution >= 4 is 22.4 Å². The summed E-state index contributed by atoms with van der Waals surface area (Å²) in [6.07, 6.45) is 0. The van der Waals surface area contributed by atoms with Gasteiger partial charge in [-0.2, -0.15) is 0 Å². The molecule has 0 aliphatic carbocycles. The Balaban J connectivity index is 1.92. The van der Waals surface area contributed by atoms with Crippen molar-refractivity contribution in [2.75, 3.05) is 11.1 Å². The number of nitrogens with one attached hydrogen (secondary N) is 1. The van der Waals surface area contributed by atoms with Crippen molar-refractivity contribution in [2.45, 2.75) is 5.75 Å². The maximum Gasteiger partial charge on any atom is 0.237 e. The number of hydrogen-bond acceptors (Lipinski definition) is 2. The van der Waals surface area contributed by atoms with E-state index in [0.29, 0.717) is 0 Å². The zero-order chi connectivity index (χ0) is 16.1. The first kappa shape index (κ1) is 16.2. The zero-order valence-corrected chi connectivity index (χ0v) is 12.1. The lowest BCUT2D eigenvalue weighted by atomic mass is 10.2. The van der Waals surface area contributed by atoms with Crippen LogP contribution >= 0.6 is 0 Å². The molecule has 0 radical (unpaired) electrons. The molecule has 2 aromatic rings. The molecule has 0 bridgehead atoms. The van der Waals surface area contributed by atoms with Crippen molar-refractivity contribution in [3.63, 3.8) is 0 Å². The Hall–Kier alpha value is -2.15. The third-order valence-electron chi connectivity index (χ3n) is 2.77. The monoisotopic (exact) mass is 327 g/mol. The highest BCUT2D eigenvalue weighted by Gasteiger charge is 2.12. The average Bonchev–Trinajstić information content (AvgIpc) is 2.45. The third kappa shape index (κ3) is 4.42. The normalized spacial score (nSPS) is 12.0. The van der Waals surface area contributed by atoms with Gasteiger partial charge in [-0.05, 0) is 18.2 Å². The van der Waals surface area contributed by atoms with E-state index < -0.39 is 34.2 Å². The van der Waals surface area contributed by atoms with E-state index in [1.54, 1.807) is 6.07 Å². The number of rotatable bonds is 5. The molecule has 1 N–H and O–H groups in total. The molecule has 2 aromatic carbocycles. The molecule has 1 atom stereocenters. The molecule has 2 rings (SSSR count). The fourth-order valence-corrected chi connectivity index (χ4v) is 2.80. The number of benzene rings is 2. The Morgan fingerprint density at radius 1 is 1.00 bits per heavy atom. The van der Waals surface area contributed by atoms with Gasteiger partial charge in [0.1, 0.15) is 11.6 Å². The second-order valence-electron chi connectivity index (χ2n) is 4.50. The molecule has 0 aliphatic rings. The van der Waals surface area contributed by atoms with Crippen LogP contribution in [0.3, 0.4) is 0 Å². The summed E-state index contributed by atoms with van der Waals surface area (Å²) in [7, 11) is -1.61. The van der Waals surface area contributed by atoms with E-state index in [2.05, 4.69) is 5.32 Å². The summed E-state index contributed by atoms with van der Waals surface area (Å²) in [5.74, 6) is -3.70. The second-order valence-corrected chi connectivity index (χ2v) is 5.95. The van der Waals surface area contributed by atoms with Gasteiger partial charge in [-0.25, -0.2) is 13.2 Å². The van der Waals surface area contributed by atoms with E-state index >= 15 is 0 Å². The van der Waals surface area contributed by atoms with Crippen LogP contribution in [0.5, 0.6) is 0 Å². The second kappa shape index (κ2) is 7.22. The number of hydrogen-bond donors (Lipinski definition) is 1. The number of carbonyl (C=O) groups is 1. The van der Waals surface area contributed by atoms with Crippen LogP contribution in [0, 0.1) is 17.5 Å². The van der Waals surface area contributed by atoms with Crippen LogP contribution in [0.15, 0.2) is 42.5 Å². The van der Waals surface area contributed by atoms with Crippen LogP contribution < -0.4 is 5.32 Å². The van der Waals surface area contributed by atoms with Crippen LogP contribution in [0.4, 0.5) is 18.9 Å². The van der Waals surface area contributed by atoms with Gasteiger partial charge in [0.2, 0.25) is 5.91 Å². The molecule has 0 aliphatic heterocycles. The van der Waals surface area contributed by atoms with Crippen LogP contribution in [-0.4, -0.2) is 15.9 Å². The number of halogens is 3. The molecule has 1 unspecified atom stereocenters. The molecule has 0 saturated heterocycles. The number of anilines is 1. The molecule has 0 aromatic heterocycles. The standard InChI is InChI=1S/C15H12F3NO2S/c16-12-4-2-1-3-10(12)8-22(21)9-15(20)19-11-5-6-13(17)14(18)7-11/h1-7H,8-9H2,(H,19,20). The van der Waals surface area contributed by atoms with Gasteiger partial charge in [-0.1, -0.05) is 18.2 Å². The van der Waals surface area contributed by atoms with Crippen molar-refractivity contribution in [3.8, 4) is 0 Å². The summed E-state index contributed by atoms with van der Waals surface area (Å²) in [6.45, 7) is 0. The summed E-state index contributed by atoms with van der Waals surface area (Å²) in [5.41, 5.74) is 0.313. The van der Waals surface area contributed by atoms with Gasteiger partial charge in [0.25, 0.3) is 0 Å². The number of amides is 1. The van der Waals surface area contributed by atoms with E-state index in [9.17, 15) is 22.2 Å². The molecular formula is C15H12F3NO2S. The average molecular weight is 327 g/mol. The Bertz CT molecular complexity index is 722. The summed E-state index contributed by atoms with van der Waals surface area (Å²) in [4.78, 5) is 11.7. The predicted molar refractivity (Wildman–Crippen MR) is 78.1 cm³/mol. The fourth-order valence-electron chi connectivity index (χ4n) is 1.76. The van der Waals surface area contributed by atoms with Gasteiger partial charge >= 0.3 is 0 Å². The first-order chi connectivity index (χ1) is 10.5. The van der Waals surface area contributed by atoms with Crippen LogP contribution in [0.25, 0.3) is 0 Å². The molecule has 0 fully saturated rings. The Kier molecular flexibility index (Phi) is 5.32. The van der Waals surface area contributed by atoms with E-state index in [-0.39, 0.29) is 22.8 Å². The summed E-state index contributed by atoms with van der Waals surface area (Å²) < 4.78 is 51.0. The predicted octanol–water partition coefficient (Wildman–Crippen LogP) is 2.99. The fraction of sp³-hybridized carbons (Fsp3) is 0.133. The lowest BCUT2D eigenvalue weighted by molar-refractivity contribution is -0.113. The Morgan fingerprint density at radius 3 is 2.41 bits per heavy atom. The minimum Gasteiger partial charge on any atom is -0.325 e. The number of carbonyl (C=O) groups excluding carboxylic acids is 1. The van der Waals surface area contributed by atoms with Gasteiger partial charge in [-0.3, -0.25) is 9.00 Å². The Morgan fingerprint density at radius 2 is 1.73 bits per heavy atom. The summed E-state index contributed by atoms with van der Waals surface area (Å²) in [6, 6.07) is 8.74. The minimum atomic E-state index is -1.61. The lowest BCUT2D eigenvalue weighted by Crippen LogP contribution is -2.20. The minimum absolute atomic E-state index is 0.0618. The molecule has 22 heavy (non-hydrogen) atoms. The quantitative estimate of drug-likeness (QED) is 0.918. The largest absolute Gasteiger partial charge is 0.325 e. The first-order valence-electron chi connectivity index (χ1n) is 6.29. The molecular weight excluding hydrogens is 315 g/mol. The maximum atomic E-state index is 13.4. The smallest absolute Gasteiger partial charge is 0.237 e. The zero-order valence-electron chi connectivity index (χ0n) is 11.3. The molecule has 7 heteroatoms. The third-order valence-corrected chi connectivity index (χ3v) is 3.99. The topological polar surface area (TPSA) is 46.2 Å². The summed E-state index contributed by atoms with van der Waals surface area (Å²) in [5, 5.41) is 2.31. The van der Waals surface area contributed by atoms with Crippen molar-refractivity contribution in [1.29, 1.82) is 0 Å². The Labute approximate surface area is 127 Å². The SMILES string of the molecule is O=C(CS(=O)Cc1ccccc1F)Nc1ccc(F)c(F)c1. The van der Waals surface area contributed by atoms with Gasteiger partial charge < -0.3 is 5.32 Å². The highest BCUT2D eigenvalue weighted by molar-refractivity contribution is 7.84. The molecule has 0 heterocycles. The molecule has 0 spiro atoms. The van der Waals surface area contributed by atoms with Crippen LogP contribution in [0.1, 0.15) is 5.56 Å². The molecule has 1 amide bonds. The van der Waals surface area contributed by atoms with Gasteiger partial charge in [-0.15, -0.1) is 0 Å². The van der Waals surface area contributed by atoms with E-state index in [1.165, 1.54) is 24.3 Å². The van der Waals surface area contributed by atoms with Gasteiger partial charge in [0, 0.05) is 28.1 Å². The summed E-state index contributed by atoms with van der Waals surface area (Å²) >= 11 is 0. The van der Waals surface area contributed by atoms with Crippen molar-refractivity contribution in [2.24, 2.45) is 0 Å². The van der Waals surface area contributed by atoms with Crippen LogP contribution in [0.2, 0.25) is 0 Å². The maximum absolute atomic E-state index is 13.4. The highest BCUT2D eigenvalue weighted by atomic mass is 32.2. The lowest BCUT2D eigenvalue weighted by Gasteiger charge is -2.06. The van der Waals surface area contributed by atoms with Crippen molar-refractivity contribution in [3.05, 3.63) is 65.5 Å². The molecule has 116 valence electrons. The van der Waals surface area contributed by atoms with Gasteiger partial charge in [0.05, 0.1) is 5.75 Å².